The molecular weight excluding hydrogens is 234 g/mol. The highest BCUT2D eigenvalue weighted by Crippen LogP contribution is 2.21. The highest BCUT2D eigenvalue weighted by atomic mass is 35.5. The number of rotatable bonds is 4. The van der Waals surface area contributed by atoms with Crippen LogP contribution in [-0.4, -0.2) is 36.2 Å². The van der Waals surface area contributed by atoms with Gasteiger partial charge in [-0.05, 0) is 24.0 Å². The second-order valence-electron chi connectivity index (χ2n) is 4.22. The molecule has 1 N–H and O–H groups in total. The number of aliphatic hydroxyl groups is 1. The Bertz CT molecular complexity index is 350. The maximum Gasteiger partial charge on any atom is 0.0443 e. The molecule has 17 heavy (non-hydrogen) atoms. The summed E-state index contributed by atoms with van der Waals surface area (Å²) in [5.74, 6) is 0. The van der Waals surface area contributed by atoms with E-state index in [2.05, 4.69) is 41.3 Å². The maximum absolute atomic E-state index is 8.78. The molecule has 0 fully saturated rings. The quantitative estimate of drug-likeness (QED) is 0.892. The van der Waals surface area contributed by atoms with Crippen LogP contribution in [0.2, 0.25) is 0 Å². The average molecular weight is 254 g/mol. The lowest BCUT2D eigenvalue weighted by Crippen LogP contribution is -2.29. The number of aliphatic hydroxyl groups excluding tert-OH is 1. The molecule has 2 nitrogen and oxygen atoms in total. The van der Waals surface area contributed by atoms with E-state index in [1.807, 2.05) is 0 Å². The average Bonchev–Trinajstić information content (AvgIpc) is 2.38. The van der Waals surface area contributed by atoms with E-state index in [1.165, 1.54) is 11.1 Å². The molecule has 0 atom stereocenters. The SMILES string of the molecule is Cl.OCCCN1CC=C(c2ccccc2)CC1. The van der Waals surface area contributed by atoms with E-state index in [0.29, 0.717) is 6.61 Å². The van der Waals surface area contributed by atoms with Gasteiger partial charge in [0.15, 0.2) is 0 Å². The smallest absolute Gasteiger partial charge is 0.0443 e. The van der Waals surface area contributed by atoms with Gasteiger partial charge >= 0.3 is 0 Å². The number of hydrogen-bond donors (Lipinski definition) is 1. The van der Waals surface area contributed by atoms with Crippen molar-refractivity contribution in [3.05, 3.63) is 42.0 Å². The summed E-state index contributed by atoms with van der Waals surface area (Å²) in [6.07, 6.45) is 4.32. The van der Waals surface area contributed by atoms with E-state index < -0.39 is 0 Å². The minimum atomic E-state index is 0. The zero-order valence-electron chi connectivity index (χ0n) is 10.0. The molecule has 0 unspecified atom stereocenters. The Labute approximate surface area is 109 Å². The summed E-state index contributed by atoms with van der Waals surface area (Å²) in [7, 11) is 0. The van der Waals surface area contributed by atoms with Crippen molar-refractivity contribution in [3.63, 3.8) is 0 Å². The van der Waals surface area contributed by atoms with Crippen molar-refractivity contribution in [2.75, 3.05) is 26.2 Å². The number of benzene rings is 1. The Morgan fingerprint density at radius 1 is 1.18 bits per heavy atom. The van der Waals surface area contributed by atoms with Gasteiger partial charge < -0.3 is 5.11 Å². The monoisotopic (exact) mass is 253 g/mol. The first-order valence-corrected chi connectivity index (χ1v) is 5.98. The van der Waals surface area contributed by atoms with Gasteiger partial charge in [0, 0.05) is 26.2 Å². The molecule has 0 bridgehead atoms. The van der Waals surface area contributed by atoms with Crippen molar-refractivity contribution in [3.8, 4) is 0 Å². The lowest BCUT2D eigenvalue weighted by Gasteiger charge is -2.26. The standard InChI is InChI=1S/C14H19NO.ClH/c16-12-4-9-15-10-7-14(8-11-15)13-5-2-1-3-6-13;/h1-3,5-7,16H,4,8-12H2;1H. The molecule has 0 aromatic heterocycles. The molecule has 0 saturated carbocycles. The normalized spacial score (nSPS) is 16.2. The van der Waals surface area contributed by atoms with Crippen LogP contribution in [0.1, 0.15) is 18.4 Å². The van der Waals surface area contributed by atoms with Crippen LogP contribution >= 0.6 is 12.4 Å². The molecule has 1 aromatic rings. The van der Waals surface area contributed by atoms with E-state index >= 15 is 0 Å². The van der Waals surface area contributed by atoms with Crippen LogP contribution < -0.4 is 0 Å². The Balaban J connectivity index is 0.00000144. The third kappa shape index (κ3) is 4.15. The van der Waals surface area contributed by atoms with Crippen molar-refractivity contribution in [1.29, 1.82) is 0 Å². The lowest BCUT2D eigenvalue weighted by atomic mass is 9.99. The van der Waals surface area contributed by atoms with E-state index in [4.69, 9.17) is 5.11 Å². The Kier molecular flexibility index (Phi) is 6.27. The van der Waals surface area contributed by atoms with Crippen molar-refractivity contribution >= 4 is 18.0 Å². The largest absolute Gasteiger partial charge is 0.396 e. The molecule has 0 amide bonds. The van der Waals surface area contributed by atoms with Crippen LogP contribution in [0.4, 0.5) is 0 Å². The molecule has 0 radical (unpaired) electrons. The molecule has 3 heteroatoms. The van der Waals surface area contributed by atoms with Gasteiger partial charge in [-0.2, -0.15) is 0 Å². The number of nitrogens with zero attached hydrogens (tertiary/aromatic N) is 1. The predicted octanol–water partition coefficient (Wildman–Crippen LogP) is 2.58. The van der Waals surface area contributed by atoms with Gasteiger partial charge in [-0.3, -0.25) is 4.90 Å². The molecule has 0 spiro atoms. The van der Waals surface area contributed by atoms with Gasteiger partial charge in [0.2, 0.25) is 0 Å². The van der Waals surface area contributed by atoms with Gasteiger partial charge in [0.1, 0.15) is 0 Å². The van der Waals surface area contributed by atoms with E-state index in [0.717, 1.165) is 32.5 Å². The van der Waals surface area contributed by atoms with Crippen LogP contribution in [0.25, 0.3) is 5.57 Å². The Morgan fingerprint density at radius 2 is 1.94 bits per heavy atom. The first-order valence-electron chi connectivity index (χ1n) is 5.98. The van der Waals surface area contributed by atoms with Gasteiger partial charge in [0.25, 0.3) is 0 Å². The van der Waals surface area contributed by atoms with Crippen LogP contribution in [0.15, 0.2) is 36.4 Å². The molecule has 1 aliphatic heterocycles. The Morgan fingerprint density at radius 3 is 2.53 bits per heavy atom. The maximum atomic E-state index is 8.78. The Hall–Kier alpha value is -0.830. The summed E-state index contributed by atoms with van der Waals surface area (Å²) < 4.78 is 0. The van der Waals surface area contributed by atoms with E-state index in [1.54, 1.807) is 0 Å². The van der Waals surface area contributed by atoms with Crippen molar-refractivity contribution < 1.29 is 5.11 Å². The second-order valence-corrected chi connectivity index (χ2v) is 4.22. The van der Waals surface area contributed by atoms with Gasteiger partial charge in [-0.25, -0.2) is 0 Å². The van der Waals surface area contributed by atoms with Crippen LogP contribution in [0.3, 0.4) is 0 Å². The summed E-state index contributed by atoms with van der Waals surface area (Å²) in [6, 6.07) is 10.6. The third-order valence-electron chi connectivity index (χ3n) is 3.07. The summed E-state index contributed by atoms with van der Waals surface area (Å²) in [5.41, 5.74) is 2.81. The summed E-state index contributed by atoms with van der Waals surface area (Å²) in [6.45, 7) is 3.44. The van der Waals surface area contributed by atoms with Crippen molar-refractivity contribution in [2.24, 2.45) is 0 Å². The fraction of sp³-hybridized carbons (Fsp3) is 0.429. The first-order chi connectivity index (χ1) is 7.90. The van der Waals surface area contributed by atoms with Gasteiger partial charge in [-0.15, -0.1) is 12.4 Å². The predicted molar refractivity (Wildman–Crippen MR) is 74.4 cm³/mol. The van der Waals surface area contributed by atoms with Gasteiger partial charge in [0.05, 0.1) is 0 Å². The topological polar surface area (TPSA) is 23.5 Å². The number of hydrogen-bond acceptors (Lipinski definition) is 2. The molecule has 1 aliphatic rings. The number of halogens is 1. The molecule has 1 aromatic carbocycles. The van der Waals surface area contributed by atoms with Gasteiger partial charge in [-0.1, -0.05) is 36.4 Å². The first kappa shape index (κ1) is 14.2. The summed E-state index contributed by atoms with van der Waals surface area (Å²) in [4.78, 5) is 2.39. The second kappa shape index (κ2) is 7.49. The fourth-order valence-electron chi connectivity index (χ4n) is 2.12. The van der Waals surface area contributed by atoms with Crippen molar-refractivity contribution in [1.82, 2.24) is 4.90 Å². The minimum absolute atomic E-state index is 0. The zero-order valence-corrected chi connectivity index (χ0v) is 10.8. The molecule has 0 aliphatic carbocycles. The van der Waals surface area contributed by atoms with Crippen LogP contribution in [0.5, 0.6) is 0 Å². The summed E-state index contributed by atoms with van der Waals surface area (Å²) >= 11 is 0. The molecular formula is C14H20ClNO. The summed E-state index contributed by atoms with van der Waals surface area (Å²) in [5, 5.41) is 8.78. The molecule has 94 valence electrons. The van der Waals surface area contributed by atoms with E-state index in [-0.39, 0.29) is 12.4 Å². The van der Waals surface area contributed by atoms with Crippen LogP contribution in [-0.2, 0) is 0 Å². The highest BCUT2D eigenvalue weighted by molar-refractivity contribution is 5.85. The molecule has 2 rings (SSSR count). The highest BCUT2D eigenvalue weighted by Gasteiger charge is 2.11. The fourth-order valence-corrected chi connectivity index (χ4v) is 2.12. The molecule has 1 heterocycles. The minimum Gasteiger partial charge on any atom is -0.396 e. The molecule has 0 saturated heterocycles. The third-order valence-corrected chi connectivity index (χ3v) is 3.07. The van der Waals surface area contributed by atoms with Crippen LogP contribution in [0, 0.1) is 0 Å². The zero-order chi connectivity index (χ0) is 11.2. The van der Waals surface area contributed by atoms with Crippen molar-refractivity contribution in [2.45, 2.75) is 12.8 Å². The lowest BCUT2D eigenvalue weighted by molar-refractivity contribution is 0.236. The van der Waals surface area contributed by atoms with E-state index in [9.17, 15) is 0 Å².